The number of ether oxygens (including phenoxy) is 1. The standard InChI is InChI=1S/C17H18N2OS2/c1-13-9-11-15(12-10-13)20-17(22)19(16(21)18(2)3)14-7-5-4-6-8-14/h4-12H,1-3H3. The van der Waals surface area contributed by atoms with Crippen LogP contribution in [0.15, 0.2) is 54.6 Å². The summed E-state index contributed by atoms with van der Waals surface area (Å²) in [5.74, 6) is 0.693. The fourth-order valence-electron chi connectivity index (χ4n) is 1.82. The van der Waals surface area contributed by atoms with Crippen LogP contribution in [0.1, 0.15) is 5.56 Å². The molecular weight excluding hydrogens is 312 g/mol. The van der Waals surface area contributed by atoms with E-state index in [1.807, 2.05) is 80.5 Å². The first kappa shape index (κ1) is 16.4. The van der Waals surface area contributed by atoms with Gasteiger partial charge in [-0.25, -0.2) is 4.90 Å². The van der Waals surface area contributed by atoms with Crippen LogP contribution < -0.4 is 9.64 Å². The fraction of sp³-hybridized carbons (Fsp3) is 0.176. The van der Waals surface area contributed by atoms with Crippen molar-refractivity contribution in [3.05, 3.63) is 60.2 Å². The average molecular weight is 330 g/mol. The van der Waals surface area contributed by atoms with Gasteiger partial charge in [-0.2, -0.15) is 0 Å². The van der Waals surface area contributed by atoms with Gasteiger partial charge in [-0.15, -0.1) is 0 Å². The molecule has 0 aliphatic rings. The highest BCUT2D eigenvalue weighted by atomic mass is 32.1. The summed E-state index contributed by atoms with van der Waals surface area (Å²) in [6.45, 7) is 2.03. The minimum atomic E-state index is 0.300. The Labute approximate surface area is 142 Å². The van der Waals surface area contributed by atoms with Crippen molar-refractivity contribution in [1.82, 2.24) is 4.90 Å². The number of thiocarbonyl (C=S) groups is 2. The molecule has 0 radical (unpaired) electrons. The van der Waals surface area contributed by atoms with Gasteiger partial charge < -0.3 is 9.64 Å². The van der Waals surface area contributed by atoms with Crippen molar-refractivity contribution in [3.8, 4) is 5.75 Å². The van der Waals surface area contributed by atoms with Crippen LogP contribution in [-0.4, -0.2) is 29.3 Å². The molecule has 2 rings (SSSR count). The molecule has 3 nitrogen and oxygen atoms in total. The van der Waals surface area contributed by atoms with Crippen molar-refractivity contribution in [2.24, 2.45) is 0 Å². The Hall–Kier alpha value is -1.98. The average Bonchev–Trinajstić information content (AvgIpc) is 2.50. The van der Waals surface area contributed by atoms with Gasteiger partial charge in [0.1, 0.15) is 5.75 Å². The Kier molecular flexibility index (Phi) is 5.46. The van der Waals surface area contributed by atoms with E-state index in [2.05, 4.69) is 0 Å². The van der Waals surface area contributed by atoms with Crippen LogP contribution in [0.25, 0.3) is 0 Å². The first-order valence-corrected chi connectivity index (χ1v) is 7.65. The maximum absolute atomic E-state index is 5.80. The van der Waals surface area contributed by atoms with E-state index in [1.54, 1.807) is 4.90 Å². The summed E-state index contributed by atoms with van der Waals surface area (Å²) < 4.78 is 5.80. The zero-order chi connectivity index (χ0) is 16.1. The van der Waals surface area contributed by atoms with Crippen LogP contribution in [0.4, 0.5) is 5.69 Å². The number of hydrogen-bond donors (Lipinski definition) is 0. The molecule has 0 N–H and O–H groups in total. The van der Waals surface area contributed by atoms with Gasteiger partial charge in [-0.05, 0) is 55.6 Å². The molecule has 0 atom stereocenters. The third-order valence-electron chi connectivity index (χ3n) is 3.00. The Morgan fingerprint density at radius 1 is 0.909 bits per heavy atom. The molecule has 0 fully saturated rings. The van der Waals surface area contributed by atoms with Crippen molar-refractivity contribution >= 4 is 40.4 Å². The van der Waals surface area contributed by atoms with Gasteiger partial charge in [0.25, 0.3) is 5.17 Å². The van der Waals surface area contributed by atoms with E-state index in [1.165, 1.54) is 5.56 Å². The molecule has 0 aromatic heterocycles. The van der Waals surface area contributed by atoms with E-state index in [0.29, 0.717) is 16.0 Å². The second kappa shape index (κ2) is 7.33. The van der Waals surface area contributed by atoms with Crippen LogP contribution in [-0.2, 0) is 0 Å². The molecule has 0 unspecified atom stereocenters. The van der Waals surface area contributed by atoms with Gasteiger partial charge in [0.2, 0.25) is 0 Å². The second-order valence-corrected chi connectivity index (χ2v) is 5.74. The van der Waals surface area contributed by atoms with Crippen LogP contribution in [0.3, 0.4) is 0 Å². The maximum atomic E-state index is 5.80. The zero-order valence-electron chi connectivity index (χ0n) is 12.8. The summed E-state index contributed by atoms with van der Waals surface area (Å²) in [4.78, 5) is 3.57. The summed E-state index contributed by atoms with van der Waals surface area (Å²) in [6.07, 6.45) is 0. The molecule has 0 aliphatic heterocycles. The number of para-hydroxylation sites is 1. The molecule has 114 valence electrons. The molecule has 0 spiro atoms. The molecule has 2 aromatic carbocycles. The molecule has 22 heavy (non-hydrogen) atoms. The normalized spacial score (nSPS) is 9.95. The van der Waals surface area contributed by atoms with E-state index >= 15 is 0 Å². The fourth-order valence-corrected chi connectivity index (χ4v) is 2.36. The molecule has 0 saturated carbocycles. The van der Waals surface area contributed by atoms with Crippen LogP contribution in [0.5, 0.6) is 5.75 Å². The number of hydrogen-bond acceptors (Lipinski definition) is 3. The lowest BCUT2D eigenvalue weighted by Crippen LogP contribution is -2.44. The van der Waals surface area contributed by atoms with Crippen LogP contribution in [0.2, 0.25) is 0 Å². The summed E-state index contributed by atoms with van der Waals surface area (Å²) in [6, 6.07) is 17.5. The van der Waals surface area contributed by atoms with Crippen molar-refractivity contribution in [2.75, 3.05) is 19.0 Å². The van der Waals surface area contributed by atoms with Crippen LogP contribution >= 0.6 is 24.4 Å². The number of anilines is 1. The molecular formula is C17H18N2OS2. The van der Waals surface area contributed by atoms with Crippen LogP contribution in [0, 0.1) is 6.92 Å². The Morgan fingerprint density at radius 2 is 1.50 bits per heavy atom. The minimum Gasteiger partial charge on any atom is -0.431 e. The highest BCUT2D eigenvalue weighted by molar-refractivity contribution is 7.82. The largest absolute Gasteiger partial charge is 0.431 e. The molecule has 0 amide bonds. The molecule has 0 saturated heterocycles. The third-order valence-corrected chi connectivity index (χ3v) is 3.81. The smallest absolute Gasteiger partial charge is 0.275 e. The lowest BCUT2D eigenvalue weighted by molar-refractivity contribution is 0.549. The predicted molar refractivity (Wildman–Crippen MR) is 99.6 cm³/mol. The Morgan fingerprint density at radius 3 is 2.05 bits per heavy atom. The van der Waals surface area contributed by atoms with Gasteiger partial charge in [0, 0.05) is 14.1 Å². The summed E-state index contributed by atoms with van der Waals surface area (Å²) in [5, 5.41) is 0.872. The lowest BCUT2D eigenvalue weighted by atomic mass is 10.2. The number of rotatable bonds is 2. The predicted octanol–water partition coefficient (Wildman–Crippen LogP) is 4.01. The van der Waals surface area contributed by atoms with E-state index in [4.69, 9.17) is 29.2 Å². The molecule has 0 bridgehead atoms. The second-order valence-electron chi connectivity index (χ2n) is 5.03. The van der Waals surface area contributed by atoms with Crippen molar-refractivity contribution < 1.29 is 4.74 Å². The monoisotopic (exact) mass is 330 g/mol. The van der Waals surface area contributed by atoms with Gasteiger partial charge in [0.05, 0.1) is 5.69 Å². The van der Waals surface area contributed by atoms with Crippen molar-refractivity contribution in [1.29, 1.82) is 0 Å². The lowest BCUT2D eigenvalue weighted by Gasteiger charge is -2.28. The van der Waals surface area contributed by atoms with E-state index < -0.39 is 0 Å². The first-order chi connectivity index (χ1) is 10.5. The van der Waals surface area contributed by atoms with Gasteiger partial charge in [-0.1, -0.05) is 35.9 Å². The molecule has 2 aromatic rings. The topological polar surface area (TPSA) is 15.7 Å². The summed E-state index contributed by atoms with van der Waals surface area (Å²) in [7, 11) is 3.76. The van der Waals surface area contributed by atoms with Gasteiger partial charge in [0.15, 0.2) is 5.11 Å². The van der Waals surface area contributed by atoms with Crippen molar-refractivity contribution in [3.63, 3.8) is 0 Å². The maximum Gasteiger partial charge on any atom is 0.275 e. The zero-order valence-corrected chi connectivity index (χ0v) is 14.4. The highest BCUT2D eigenvalue weighted by Gasteiger charge is 2.20. The number of nitrogens with zero attached hydrogens (tertiary/aromatic N) is 2. The Balaban J connectivity index is 2.26. The summed E-state index contributed by atoms with van der Waals surface area (Å²) in [5.41, 5.74) is 2.04. The van der Waals surface area contributed by atoms with Gasteiger partial charge in [-0.3, -0.25) is 0 Å². The minimum absolute atomic E-state index is 0.300. The van der Waals surface area contributed by atoms with E-state index in [0.717, 1.165) is 5.69 Å². The van der Waals surface area contributed by atoms with Crippen molar-refractivity contribution in [2.45, 2.75) is 6.92 Å². The molecule has 5 heteroatoms. The van der Waals surface area contributed by atoms with E-state index in [-0.39, 0.29) is 0 Å². The SMILES string of the molecule is Cc1ccc(OC(=S)N(C(=S)N(C)C)c2ccccc2)cc1. The number of benzene rings is 2. The molecule has 0 aliphatic carbocycles. The van der Waals surface area contributed by atoms with Gasteiger partial charge >= 0.3 is 0 Å². The van der Waals surface area contributed by atoms with E-state index in [9.17, 15) is 0 Å². The summed E-state index contributed by atoms with van der Waals surface area (Å²) >= 11 is 10.9. The first-order valence-electron chi connectivity index (χ1n) is 6.84. The number of aryl methyl sites for hydroxylation is 1. The third kappa shape index (κ3) is 4.02. The Bertz CT molecular complexity index is 654. The molecule has 0 heterocycles. The quantitative estimate of drug-likeness (QED) is 0.771. The highest BCUT2D eigenvalue weighted by Crippen LogP contribution is 2.19.